The van der Waals surface area contributed by atoms with Crippen LogP contribution < -0.4 is 5.32 Å². The number of thiazole rings is 1. The van der Waals surface area contributed by atoms with Crippen LogP contribution in [0.1, 0.15) is 21.1 Å². The highest BCUT2D eigenvalue weighted by atomic mass is 35.5. The highest BCUT2D eigenvalue weighted by Crippen LogP contribution is 2.33. The maximum absolute atomic E-state index is 12.6. The number of nitrogens with one attached hydrogen (secondary N) is 1. The van der Waals surface area contributed by atoms with Gasteiger partial charge in [-0.05, 0) is 48.4 Å². The van der Waals surface area contributed by atoms with Gasteiger partial charge in [-0.3, -0.25) is 14.3 Å². The molecule has 0 unspecified atom stereocenters. The number of hydrogen-bond acceptors (Lipinski definition) is 7. The number of benzene rings is 2. The monoisotopic (exact) mass is 600 g/mol. The van der Waals surface area contributed by atoms with E-state index < -0.39 is 0 Å². The first-order valence-corrected chi connectivity index (χ1v) is 14.4. The second kappa shape index (κ2) is 12.3. The number of carbonyl (C=O) groups excluding carboxylic acids is 1. The quantitative estimate of drug-likeness (QED) is 0.183. The molecule has 0 fully saturated rings. The molecule has 0 aliphatic heterocycles. The van der Waals surface area contributed by atoms with Crippen LogP contribution in [0.3, 0.4) is 0 Å². The molecule has 1 N–H and O–H groups in total. The second-order valence-corrected chi connectivity index (χ2v) is 11.1. The SMILES string of the molecule is O=C(NCCc1ccc(Cl)cc1Cl)c1csc(CSc2nnc(-c3ccncc3)n2-c2ccccc2Cl)n1. The normalized spacial score (nSPS) is 11.0. The van der Waals surface area contributed by atoms with Gasteiger partial charge in [-0.15, -0.1) is 21.5 Å². The Kier molecular flexibility index (Phi) is 8.61. The zero-order chi connectivity index (χ0) is 26.5. The minimum atomic E-state index is -0.234. The van der Waals surface area contributed by atoms with Crippen molar-refractivity contribution in [2.45, 2.75) is 17.3 Å². The van der Waals surface area contributed by atoms with E-state index in [2.05, 4.69) is 25.5 Å². The van der Waals surface area contributed by atoms with Gasteiger partial charge in [-0.2, -0.15) is 0 Å². The molecule has 3 heterocycles. The fourth-order valence-corrected chi connectivity index (χ4v) is 6.10. The predicted octanol–water partition coefficient (Wildman–Crippen LogP) is 7.01. The summed E-state index contributed by atoms with van der Waals surface area (Å²) in [5.74, 6) is 0.932. The number of hydrogen-bond donors (Lipinski definition) is 1. The number of halogens is 3. The van der Waals surface area contributed by atoms with Gasteiger partial charge >= 0.3 is 0 Å². The molecule has 0 aliphatic carbocycles. The minimum absolute atomic E-state index is 0.234. The molecular formula is C26H19Cl3N6OS2. The first kappa shape index (κ1) is 26.6. The van der Waals surface area contributed by atoms with Gasteiger partial charge in [0.1, 0.15) is 10.7 Å². The van der Waals surface area contributed by atoms with Gasteiger partial charge in [0.2, 0.25) is 0 Å². The molecular weight excluding hydrogens is 583 g/mol. The molecule has 5 aromatic rings. The lowest BCUT2D eigenvalue weighted by atomic mass is 10.1. The summed E-state index contributed by atoms with van der Waals surface area (Å²) in [6.07, 6.45) is 4.01. The highest BCUT2D eigenvalue weighted by Gasteiger charge is 2.19. The van der Waals surface area contributed by atoms with Gasteiger partial charge < -0.3 is 5.32 Å². The molecule has 0 saturated heterocycles. The van der Waals surface area contributed by atoms with E-state index in [0.29, 0.717) is 50.5 Å². The van der Waals surface area contributed by atoms with Crippen molar-refractivity contribution in [3.8, 4) is 17.1 Å². The van der Waals surface area contributed by atoms with Gasteiger partial charge in [0, 0.05) is 39.9 Å². The van der Waals surface area contributed by atoms with Gasteiger partial charge in [-0.1, -0.05) is 64.8 Å². The topological polar surface area (TPSA) is 85.6 Å². The van der Waals surface area contributed by atoms with Crippen molar-refractivity contribution in [3.05, 3.63) is 104 Å². The molecule has 7 nitrogen and oxygen atoms in total. The summed E-state index contributed by atoms with van der Waals surface area (Å²) in [6.45, 7) is 0.431. The Labute approximate surface area is 242 Å². The fraction of sp³-hybridized carbons (Fsp3) is 0.115. The van der Waals surface area contributed by atoms with E-state index in [9.17, 15) is 4.79 Å². The molecule has 0 aliphatic rings. The van der Waals surface area contributed by atoms with Crippen molar-refractivity contribution >= 4 is 63.8 Å². The Morgan fingerprint density at radius 1 is 1.00 bits per heavy atom. The number of carbonyl (C=O) groups is 1. The summed E-state index contributed by atoms with van der Waals surface area (Å²) in [6, 6.07) is 16.6. The van der Waals surface area contributed by atoms with Crippen LogP contribution in [-0.4, -0.2) is 37.2 Å². The number of para-hydroxylation sites is 1. The fourth-order valence-electron chi connectivity index (χ4n) is 3.64. The second-order valence-electron chi connectivity index (χ2n) is 7.99. The largest absolute Gasteiger partial charge is 0.350 e. The van der Waals surface area contributed by atoms with E-state index >= 15 is 0 Å². The molecule has 0 spiro atoms. The smallest absolute Gasteiger partial charge is 0.270 e. The number of amides is 1. The summed E-state index contributed by atoms with van der Waals surface area (Å²) >= 11 is 21.6. The third-order valence-electron chi connectivity index (χ3n) is 5.47. The average Bonchev–Trinajstić information content (AvgIpc) is 3.57. The number of aromatic nitrogens is 5. The van der Waals surface area contributed by atoms with Gasteiger partial charge in [0.05, 0.1) is 16.5 Å². The third kappa shape index (κ3) is 6.19. The lowest BCUT2D eigenvalue weighted by molar-refractivity contribution is 0.0949. The van der Waals surface area contributed by atoms with Crippen LogP contribution in [0.25, 0.3) is 17.1 Å². The van der Waals surface area contributed by atoms with Crippen molar-refractivity contribution in [3.63, 3.8) is 0 Å². The van der Waals surface area contributed by atoms with Crippen molar-refractivity contribution < 1.29 is 4.79 Å². The van der Waals surface area contributed by atoms with Crippen LogP contribution in [0, 0.1) is 0 Å². The number of rotatable bonds is 9. The van der Waals surface area contributed by atoms with Crippen LogP contribution in [0.4, 0.5) is 0 Å². The summed E-state index contributed by atoms with van der Waals surface area (Å²) in [7, 11) is 0. The van der Waals surface area contributed by atoms with Gasteiger partial charge in [-0.25, -0.2) is 4.98 Å². The van der Waals surface area contributed by atoms with Crippen LogP contribution in [0.5, 0.6) is 0 Å². The summed E-state index contributed by atoms with van der Waals surface area (Å²) < 4.78 is 1.92. The van der Waals surface area contributed by atoms with Crippen LogP contribution in [0.2, 0.25) is 15.1 Å². The Bertz CT molecular complexity index is 1570. The van der Waals surface area contributed by atoms with Crippen molar-refractivity contribution in [2.24, 2.45) is 0 Å². The van der Waals surface area contributed by atoms with E-state index in [1.54, 1.807) is 29.9 Å². The molecule has 0 bridgehead atoms. The standard InChI is InChI=1S/C26H19Cl3N6OS2/c27-18-6-5-16(20(29)13-18)9-12-31-25(36)21-14-37-23(32-21)15-38-26-34-33-24(17-7-10-30-11-8-17)35(26)22-4-2-1-3-19(22)28/h1-8,10-11,13-14H,9,12,15H2,(H,31,36). The van der Waals surface area contributed by atoms with E-state index in [4.69, 9.17) is 34.8 Å². The molecule has 3 aromatic heterocycles. The molecule has 5 rings (SSSR count). The first-order valence-electron chi connectivity index (χ1n) is 11.4. The highest BCUT2D eigenvalue weighted by molar-refractivity contribution is 7.98. The molecule has 0 radical (unpaired) electrons. The zero-order valence-corrected chi connectivity index (χ0v) is 23.5. The predicted molar refractivity (Wildman–Crippen MR) is 154 cm³/mol. The van der Waals surface area contributed by atoms with Crippen molar-refractivity contribution in [1.29, 1.82) is 0 Å². The molecule has 1 amide bonds. The van der Waals surface area contributed by atoms with Crippen molar-refractivity contribution in [2.75, 3.05) is 6.54 Å². The van der Waals surface area contributed by atoms with Gasteiger partial charge in [0.15, 0.2) is 11.0 Å². The van der Waals surface area contributed by atoms with E-state index in [-0.39, 0.29) is 5.91 Å². The first-order chi connectivity index (χ1) is 18.5. The average molecular weight is 602 g/mol. The van der Waals surface area contributed by atoms with Crippen LogP contribution >= 0.6 is 57.9 Å². The van der Waals surface area contributed by atoms with Crippen LogP contribution in [-0.2, 0) is 12.2 Å². The zero-order valence-electron chi connectivity index (χ0n) is 19.6. The third-order valence-corrected chi connectivity index (χ3v) is 8.35. The molecule has 0 saturated carbocycles. The maximum atomic E-state index is 12.6. The lowest BCUT2D eigenvalue weighted by Crippen LogP contribution is -2.26. The Morgan fingerprint density at radius 3 is 2.61 bits per heavy atom. The van der Waals surface area contributed by atoms with E-state index in [1.165, 1.54) is 23.1 Å². The number of pyridine rings is 1. The molecule has 12 heteroatoms. The van der Waals surface area contributed by atoms with Crippen molar-refractivity contribution in [1.82, 2.24) is 30.0 Å². The van der Waals surface area contributed by atoms with Gasteiger partial charge in [0.25, 0.3) is 5.91 Å². The minimum Gasteiger partial charge on any atom is -0.350 e. The maximum Gasteiger partial charge on any atom is 0.270 e. The summed E-state index contributed by atoms with van der Waals surface area (Å²) in [5.41, 5.74) is 2.93. The Balaban J connectivity index is 1.27. The number of thioether (sulfide) groups is 1. The lowest BCUT2D eigenvalue weighted by Gasteiger charge is -2.11. The Morgan fingerprint density at radius 2 is 1.82 bits per heavy atom. The molecule has 192 valence electrons. The summed E-state index contributed by atoms with van der Waals surface area (Å²) in [4.78, 5) is 21.2. The van der Waals surface area contributed by atoms with E-state index in [1.807, 2.05) is 47.0 Å². The Hall–Kier alpha value is -2.95. The summed E-state index contributed by atoms with van der Waals surface area (Å²) in [5, 5.41) is 16.7. The van der Waals surface area contributed by atoms with E-state index in [0.717, 1.165) is 21.8 Å². The van der Waals surface area contributed by atoms with Crippen LogP contribution in [0.15, 0.2) is 77.5 Å². The molecule has 2 aromatic carbocycles. The molecule has 38 heavy (non-hydrogen) atoms. The number of nitrogens with zero attached hydrogens (tertiary/aromatic N) is 5. The molecule has 0 atom stereocenters.